The molecule has 0 aromatic heterocycles. The number of aliphatic carboxylic acids is 1. The second-order valence-electron chi connectivity index (χ2n) is 9.35. The molecule has 1 aliphatic rings. The van der Waals surface area contributed by atoms with Crippen LogP contribution in [0.1, 0.15) is 57.4 Å². The molecule has 2 unspecified atom stereocenters. The average Bonchev–Trinajstić information content (AvgIpc) is 2.81. The topological polar surface area (TPSA) is 101 Å². The molecular weight excluding hydrogens is 452 g/mol. The van der Waals surface area contributed by atoms with Gasteiger partial charge in [0.25, 0.3) is 0 Å². The van der Waals surface area contributed by atoms with Gasteiger partial charge in [-0.1, -0.05) is 50.3 Å². The number of aliphatic hydroxyl groups is 1. The van der Waals surface area contributed by atoms with Crippen LogP contribution in [0.4, 0.5) is 0 Å². The minimum absolute atomic E-state index is 0.0584. The second kappa shape index (κ2) is 8.11. The summed E-state index contributed by atoms with van der Waals surface area (Å²) >= 11 is 6.10. The van der Waals surface area contributed by atoms with E-state index in [0.717, 1.165) is 0 Å². The summed E-state index contributed by atoms with van der Waals surface area (Å²) in [4.78, 5) is 11.8. The molecule has 0 radical (unpaired) electrons. The first-order chi connectivity index (χ1) is 14.7. The van der Waals surface area contributed by atoms with E-state index >= 15 is 0 Å². The molecule has 2 aromatic rings. The molecule has 8 heteroatoms. The number of aliphatic hydroxyl groups excluding tert-OH is 1. The number of carboxylic acids is 1. The van der Waals surface area contributed by atoms with Crippen LogP contribution in [0.15, 0.2) is 41.3 Å². The normalized spacial score (nSPS) is 19.4. The monoisotopic (exact) mass is 476 g/mol. The van der Waals surface area contributed by atoms with E-state index in [0.29, 0.717) is 21.7 Å². The minimum atomic E-state index is -3.72. The molecule has 0 saturated carbocycles. The van der Waals surface area contributed by atoms with Gasteiger partial charge in [-0.25, -0.2) is 13.2 Å². The Balaban J connectivity index is 2.02. The van der Waals surface area contributed by atoms with Crippen LogP contribution < -0.4 is 4.74 Å². The van der Waals surface area contributed by atoms with Crippen molar-refractivity contribution in [1.29, 1.82) is 0 Å². The third-order valence-electron chi connectivity index (χ3n) is 5.49. The Morgan fingerprint density at radius 1 is 1.16 bits per heavy atom. The van der Waals surface area contributed by atoms with E-state index < -0.39 is 38.2 Å². The summed E-state index contributed by atoms with van der Waals surface area (Å²) in [5.74, 6) is 4.96. The van der Waals surface area contributed by atoms with Crippen molar-refractivity contribution < 1.29 is 28.2 Å². The number of hydrogen-bond donors (Lipinski definition) is 2. The van der Waals surface area contributed by atoms with Gasteiger partial charge < -0.3 is 14.9 Å². The van der Waals surface area contributed by atoms with Gasteiger partial charge in [0.15, 0.2) is 15.9 Å². The number of fused-ring (bicyclic) bond motifs is 1. The van der Waals surface area contributed by atoms with Crippen LogP contribution in [-0.4, -0.2) is 35.5 Å². The summed E-state index contributed by atoms with van der Waals surface area (Å²) in [6.07, 6.45) is -2.24. The first kappa shape index (κ1) is 24.1. The summed E-state index contributed by atoms with van der Waals surface area (Å²) in [7, 11) is -3.72. The standard InChI is InChI=1S/C24H25ClO6S/c1-23(2,3)21(22(27)28)31-18-11-9-16(25)13-15(18)8-6-14-7-10-17-19(12-14)32(29,30)24(4,5)20(17)26/h7,9-13,20-21,26H,1-5H3,(H,27,28). The fraction of sp³-hybridized carbons (Fsp3) is 0.375. The van der Waals surface area contributed by atoms with E-state index in [1.54, 1.807) is 51.1 Å². The Morgan fingerprint density at radius 3 is 2.41 bits per heavy atom. The summed E-state index contributed by atoms with van der Waals surface area (Å²) in [5, 5.41) is 20.4. The molecule has 2 aromatic carbocycles. The second-order valence-corrected chi connectivity index (χ2v) is 12.3. The number of carbonyl (C=O) groups is 1. The third-order valence-corrected chi connectivity index (χ3v) is 8.26. The number of hydrogen-bond acceptors (Lipinski definition) is 5. The average molecular weight is 477 g/mol. The van der Waals surface area contributed by atoms with Gasteiger partial charge in [-0.3, -0.25) is 0 Å². The van der Waals surface area contributed by atoms with Crippen LogP contribution in [0.2, 0.25) is 5.02 Å². The maximum absolute atomic E-state index is 12.8. The van der Waals surface area contributed by atoms with Crippen molar-refractivity contribution in [2.24, 2.45) is 5.41 Å². The van der Waals surface area contributed by atoms with Gasteiger partial charge in [-0.05, 0) is 44.2 Å². The zero-order valence-corrected chi connectivity index (χ0v) is 20.0. The largest absolute Gasteiger partial charge is 0.478 e. The number of carboxylic acid groups (broad SMARTS) is 1. The maximum atomic E-state index is 12.8. The maximum Gasteiger partial charge on any atom is 0.345 e. The van der Waals surface area contributed by atoms with Crippen LogP contribution in [0, 0.1) is 17.3 Å². The van der Waals surface area contributed by atoms with Crippen molar-refractivity contribution in [3.05, 3.63) is 58.1 Å². The highest BCUT2D eigenvalue weighted by molar-refractivity contribution is 7.93. The van der Waals surface area contributed by atoms with Crippen LogP contribution in [0.5, 0.6) is 5.75 Å². The van der Waals surface area contributed by atoms with Crippen molar-refractivity contribution in [3.8, 4) is 17.6 Å². The van der Waals surface area contributed by atoms with Crippen LogP contribution >= 0.6 is 11.6 Å². The van der Waals surface area contributed by atoms with Gasteiger partial charge in [0.2, 0.25) is 0 Å². The molecule has 1 aliphatic heterocycles. The number of ether oxygens (including phenoxy) is 1. The van der Waals surface area contributed by atoms with Gasteiger partial charge in [-0.15, -0.1) is 0 Å². The van der Waals surface area contributed by atoms with Gasteiger partial charge in [-0.2, -0.15) is 0 Å². The lowest BCUT2D eigenvalue weighted by atomic mass is 9.89. The van der Waals surface area contributed by atoms with E-state index in [4.69, 9.17) is 16.3 Å². The molecule has 0 saturated heterocycles. The molecule has 2 N–H and O–H groups in total. The molecule has 1 heterocycles. The predicted octanol–water partition coefficient (Wildman–Crippen LogP) is 4.22. The molecule has 0 fully saturated rings. The molecule has 0 aliphatic carbocycles. The first-order valence-electron chi connectivity index (χ1n) is 9.94. The number of sulfone groups is 1. The zero-order chi connectivity index (χ0) is 24.1. The lowest BCUT2D eigenvalue weighted by Crippen LogP contribution is -2.39. The zero-order valence-electron chi connectivity index (χ0n) is 18.4. The van der Waals surface area contributed by atoms with Crippen molar-refractivity contribution in [2.75, 3.05) is 0 Å². The van der Waals surface area contributed by atoms with E-state index in [-0.39, 0.29) is 10.6 Å². The highest BCUT2D eigenvalue weighted by Crippen LogP contribution is 2.46. The van der Waals surface area contributed by atoms with Gasteiger partial charge in [0.05, 0.1) is 16.6 Å². The SMILES string of the molecule is CC(C)(C)C(Oc1ccc(Cl)cc1C#Cc1ccc2c(c1)S(=O)(=O)C(C)(C)C2O)C(=O)O. The Kier molecular flexibility index (Phi) is 6.11. The van der Waals surface area contributed by atoms with Crippen molar-refractivity contribution in [2.45, 2.75) is 56.5 Å². The van der Waals surface area contributed by atoms with Crippen molar-refractivity contribution >= 4 is 27.4 Å². The Hall–Kier alpha value is -2.53. The molecular formula is C24H25ClO6S. The molecule has 0 bridgehead atoms. The fourth-order valence-electron chi connectivity index (χ4n) is 3.44. The Labute approximate surface area is 193 Å². The van der Waals surface area contributed by atoms with E-state index in [1.807, 2.05) is 0 Å². The summed E-state index contributed by atoms with van der Waals surface area (Å²) in [6, 6.07) is 9.32. The van der Waals surface area contributed by atoms with Gasteiger partial charge in [0.1, 0.15) is 10.5 Å². The summed E-state index contributed by atoms with van der Waals surface area (Å²) in [5.41, 5.74) is 0.477. The number of rotatable bonds is 3. The number of halogens is 1. The van der Waals surface area contributed by atoms with Gasteiger partial charge >= 0.3 is 5.97 Å². The lowest BCUT2D eigenvalue weighted by Gasteiger charge is -2.28. The van der Waals surface area contributed by atoms with Crippen LogP contribution in [0.25, 0.3) is 0 Å². The number of benzene rings is 2. The summed E-state index contributed by atoms with van der Waals surface area (Å²) < 4.78 is 30.1. The molecule has 170 valence electrons. The molecule has 3 rings (SSSR count). The van der Waals surface area contributed by atoms with Crippen molar-refractivity contribution in [1.82, 2.24) is 0 Å². The van der Waals surface area contributed by atoms with Gasteiger partial charge in [0, 0.05) is 21.6 Å². The third kappa shape index (κ3) is 4.23. The van der Waals surface area contributed by atoms with E-state index in [2.05, 4.69) is 11.8 Å². The first-order valence-corrected chi connectivity index (χ1v) is 11.8. The van der Waals surface area contributed by atoms with Crippen LogP contribution in [0.3, 0.4) is 0 Å². The Bertz CT molecular complexity index is 1250. The van der Waals surface area contributed by atoms with Crippen LogP contribution in [-0.2, 0) is 14.6 Å². The molecule has 32 heavy (non-hydrogen) atoms. The fourth-order valence-corrected chi connectivity index (χ4v) is 5.37. The van der Waals surface area contributed by atoms with E-state index in [1.165, 1.54) is 19.9 Å². The predicted molar refractivity (Wildman–Crippen MR) is 122 cm³/mol. The lowest BCUT2D eigenvalue weighted by molar-refractivity contribution is -0.150. The molecule has 2 atom stereocenters. The molecule has 6 nitrogen and oxygen atoms in total. The smallest absolute Gasteiger partial charge is 0.345 e. The Morgan fingerprint density at radius 2 is 1.81 bits per heavy atom. The quantitative estimate of drug-likeness (QED) is 0.643. The minimum Gasteiger partial charge on any atom is -0.478 e. The van der Waals surface area contributed by atoms with Crippen molar-refractivity contribution in [3.63, 3.8) is 0 Å². The summed E-state index contributed by atoms with van der Waals surface area (Å²) in [6.45, 7) is 8.25. The molecule has 0 spiro atoms. The highest BCUT2D eigenvalue weighted by atomic mass is 35.5. The molecule has 0 amide bonds. The highest BCUT2D eigenvalue weighted by Gasteiger charge is 2.51. The van der Waals surface area contributed by atoms with E-state index in [9.17, 15) is 23.4 Å².